The zero-order valence-electron chi connectivity index (χ0n) is 37.2. The summed E-state index contributed by atoms with van der Waals surface area (Å²) in [5.41, 5.74) is 21.5. The van der Waals surface area contributed by atoms with Crippen molar-refractivity contribution in [3.8, 4) is 0 Å². The molecular formula is C53H52ClN11. The van der Waals surface area contributed by atoms with Gasteiger partial charge in [0.15, 0.2) is 0 Å². The summed E-state index contributed by atoms with van der Waals surface area (Å²) in [4.78, 5) is 38.3. The van der Waals surface area contributed by atoms with Crippen molar-refractivity contribution in [2.75, 3.05) is 88.6 Å². The summed E-state index contributed by atoms with van der Waals surface area (Å²) in [6, 6.07) is 34.2. The van der Waals surface area contributed by atoms with Crippen molar-refractivity contribution in [1.29, 1.82) is 0 Å². The molecule has 0 radical (unpaired) electrons. The second kappa shape index (κ2) is 17.5. The molecule has 0 spiro atoms. The van der Waals surface area contributed by atoms with E-state index in [0.29, 0.717) is 5.02 Å². The highest BCUT2D eigenvalue weighted by molar-refractivity contribution is 6.31. The minimum atomic E-state index is 0.684. The molecule has 6 aliphatic rings. The van der Waals surface area contributed by atoms with Crippen LogP contribution >= 0.6 is 11.6 Å². The van der Waals surface area contributed by atoms with Crippen LogP contribution in [0.25, 0.3) is 0 Å². The molecule has 0 unspecified atom stereocenters. The predicted molar refractivity (Wildman–Crippen MR) is 268 cm³/mol. The van der Waals surface area contributed by atoms with E-state index in [0.717, 1.165) is 141 Å². The molecule has 4 aromatic carbocycles. The Morgan fingerprint density at radius 1 is 0.446 bits per heavy atom. The van der Waals surface area contributed by atoms with Crippen LogP contribution in [0.5, 0.6) is 0 Å². The van der Waals surface area contributed by atoms with Crippen LogP contribution in [0.15, 0.2) is 129 Å². The van der Waals surface area contributed by atoms with Gasteiger partial charge in [-0.3, -0.25) is 29.9 Å². The summed E-state index contributed by atoms with van der Waals surface area (Å²) >= 11 is 6.14. The van der Waals surface area contributed by atoms with Crippen molar-refractivity contribution < 1.29 is 0 Å². The molecule has 2 aromatic heterocycles. The molecule has 326 valence electrons. The van der Waals surface area contributed by atoms with E-state index in [1.807, 2.05) is 25.4 Å². The maximum absolute atomic E-state index is 6.14. The number of hydrogen-bond acceptors (Lipinski definition) is 11. The lowest BCUT2D eigenvalue weighted by Gasteiger charge is -2.34. The lowest BCUT2D eigenvalue weighted by atomic mass is 9.99. The van der Waals surface area contributed by atoms with Crippen molar-refractivity contribution in [3.63, 3.8) is 0 Å². The van der Waals surface area contributed by atoms with E-state index in [-0.39, 0.29) is 0 Å². The van der Waals surface area contributed by atoms with E-state index in [4.69, 9.17) is 31.6 Å². The molecule has 0 atom stereocenters. The molecule has 0 aliphatic carbocycles. The third kappa shape index (κ3) is 8.59. The molecule has 0 bridgehead atoms. The predicted octanol–water partition coefficient (Wildman–Crippen LogP) is 9.07. The number of anilines is 3. The summed E-state index contributed by atoms with van der Waals surface area (Å²) in [5.74, 6) is 0. The number of piperazine rings is 2. The van der Waals surface area contributed by atoms with E-state index >= 15 is 0 Å². The van der Waals surface area contributed by atoms with Gasteiger partial charge >= 0.3 is 0 Å². The van der Waals surface area contributed by atoms with E-state index in [9.17, 15) is 0 Å². The highest BCUT2D eigenvalue weighted by atomic mass is 35.5. The highest BCUT2D eigenvalue weighted by Crippen LogP contribution is 2.37. The van der Waals surface area contributed by atoms with Gasteiger partial charge in [-0.15, -0.1) is 0 Å². The molecule has 2 saturated heterocycles. The first-order valence-corrected chi connectivity index (χ1v) is 23.1. The van der Waals surface area contributed by atoms with Crippen molar-refractivity contribution >= 4 is 74.3 Å². The molecule has 0 saturated carbocycles. The van der Waals surface area contributed by atoms with Gasteiger partial charge < -0.3 is 24.9 Å². The molecule has 0 amide bonds. The van der Waals surface area contributed by atoms with E-state index in [1.54, 1.807) is 12.3 Å². The summed E-state index contributed by atoms with van der Waals surface area (Å²) in [6.45, 7) is 8.80. The number of nitrogens with zero attached hydrogens (tertiary/aromatic N) is 10. The summed E-state index contributed by atoms with van der Waals surface area (Å²) in [5, 5.41) is 3.86. The number of aliphatic imine (C=N–C) groups is 4. The zero-order chi connectivity index (χ0) is 44.0. The number of aromatic nitrogens is 2. The van der Waals surface area contributed by atoms with Crippen LogP contribution in [-0.2, 0) is 25.7 Å². The zero-order valence-corrected chi connectivity index (χ0v) is 38.0. The molecule has 12 rings (SSSR count). The van der Waals surface area contributed by atoms with Gasteiger partial charge in [-0.05, 0) is 132 Å². The van der Waals surface area contributed by atoms with Crippen LogP contribution in [0.3, 0.4) is 0 Å². The minimum Gasteiger partial charge on any atom is -0.388 e. The number of fused-ring (bicyclic) bond motifs is 4. The lowest BCUT2D eigenvalue weighted by molar-refractivity contribution is 0.313. The Kier molecular flexibility index (Phi) is 11.1. The van der Waals surface area contributed by atoms with Gasteiger partial charge in [0.25, 0.3) is 0 Å². The van der Waals surface area contributed by atoms with Gasteiger partial charge in [0.05, 0.1) is 57.0 Å². The van der Waals surface area contributed by atoms with Crippen molar-refractivity contribution in [3.05, 3.63) is 159 Å². The first kappa shape index (κ1) is 41.2. The average molecular weight is 879 g/mol. The number of nitrogens with one attached hydrogen (secondary N) is 1. The Morgan fingerprint density at radius 2 is 0.862 bits per heavy atom. The smallest absolute Gasteiger partial charge is 0.0868 e. The van der Waals surface area contributed by atoms with Gasteiger partial charge in [-0.2, -0.15) is 0 Å². The number of likely N-dealkylation sites (N-methyl/N-ethyl adjacent to an activating group) is 2. The second-order valence-electron chi connectivity index (χ2n) is 17.9. The SMILES string of the molecule is CN1CCN(c2ccc3c(c2)CC(c2ccc4c(c2)CC(c2cc(Cl)ccn2)=N4)=N3)CC1.CNc1ccnc(C2=Nc3ccc(C4=Nc5ccc(N6CCN(C)CC6)cc5C4)cc3C2)c1. The lowest BCUT2D eigenvalue weighted by Crippen LogP contribution is -2.44. The maximum atomic E-state index is 6.14. The number of hydrogen-bond donors (Lipinski definition) is 1. The average Bonchev–Trinajstić information content (AvgIpc) is 4.16. The highest BCUT2D eigenvalue weighted by Gasteiger charge is 2.25. The van der Waals surface area contributed by atoms with E-state index < -0.39 is 0 Å². The van der Waals surface area contributed by atoms with Gasteiger partial charge in [0.1, 0.15) is 0 Å². The second-order valence-corrected chi connectivity index (χ2v) is 18.3. The third-order valence-corrected chi connectivity index (χ3v) is 13.7. The Bertz CT molecular complexity index is 2950. The van der Waals surface area contributed by atoms with Crippen LogP contribution in [0.4, 0.5) is 39.8 Å². The van der Waals surface area contributed by atoms with Crippen LogP contribution < -0.4 is 15.1 Å². The standard InChI is InChI=1S/C27H28N6.C26H24ClN5/c1-28-21-7-8-29-26(17-21)27-16-19-13-18(3-5-23(19)31-27)25-15-20-14-22(4-6-24(20)30-25)33-11-9-32(2)10-12-33;1-31-8-10-32(11-9-31)21-3-5-23-19(13-21)14-24(29-23)17-2-4-22-18(12-17)15-26(30-22)25-16-20(27)6-7-28-25/h3-8,13-14,17H,9-12,15-16H2,1-2H3,(H,28,29);2-7,12-13,16H,8-11,14-15H2,1H3. The topological polar surface area (TPSA) is 100 Å². The molecule has 2 fully saturated rings. The van der Waals surface area contributed by atoms with Crippen LogP contribution in [0, 0.1) is 0 Å². The first-order valence-electron chi connectivity index (χ1n) is 22.7. The fourth-order valence-corrected chi connectivity index (χ4v) is 9.76. The normalized spacial score (nSPS) is 17.6. The molecular weight excluding hydrogens is 826 g/mol. The van der Waals surface area contributed by atoms with Crippen molar-refractivity contribution in [2.45, 2.75) is 25.7 Å². The number of benzene rings is 4. The molecule has 6 aliphatic heterocycles. The van der Waals surface area contributed by atoms with Crippen LogP contribution in [0.2, 0.25) is 5.02 Å². The maximum Gasteiger partial charge on any atom is 0.0868 e. The molecule has 11 nitrogen and oxygen atoms in total. The largest absolute Gasteiger partial charge is 0.388 e. The number of rotatable bonds is 7. The van der Waals surface area contributed by atoms with Gasteiger partial charge in [0.2, 0.25) is 0 Å². The summed E-state index contributed by atoms with van der Waals surface area (Å²) < 4.78 is 0. The summed E-state index contributed by atoms with van der Waals surface area (Å²) in [6.07, 6.45) is 6.89. The molecule has 12 heteroatoms. The molecule has 6 aromatic rings. The number of halogens is 1. The van der Waals surface area contributed by atoms with E-state index in [2.05, 4.69) is 128 Å². The Morgan fingerprint density at radius 3 is 1.34 bits per heavy atom. The fourth-order valence-electron chi connectivity index (χ4n) is 9.60. The minimum absolute atomic E-state index is 0.684. The van der Waals surface area contributed by atoms with Crippen LogP contribution in [0.1, 0.15) is 44.8 Å². The van der Waals surface area contributed by atoms with Crippen molar-refractivity contribution in [1.82, 2.24) is 19.8 Å². The van der Waals surface area contributed by atoms with E-state index in [1.165, 1.54) is 44.8 Å². The van der Waals surface area contributed by atoms with Crippen LogP contribution in [-0.4, -0.2) is 116 Å². The van der Waals surface area contributed by atoms with Gasteiger partial charge in [-0.25, -0.2) is 0 Å². The number of pyridine rings is 2. The van der Waals surface area contributed by atoms with Gasteiger partial charge in [0, 0.05) is 120 Å². The Hall–Kier alpha value is -6.53. The third-order valence-electron chi connectivity index (χ3n) is 13.5. The quantitative estimate of drug-likeness (QED) is 0.171. The first-order chi connectivity index (χ1) is 31.8. The molecule has 1 N–H and O–H groups in total. The monoisotopic (exact) mass is 877 g/mol. The summed E-state index contributed by atoms with van der Waals surface area (Å²) in [7, 11) is 6.31. The Labute approximate surface area is 386 Å². The van der Waals surface area contributed by atoms with Gasteiger partial charge in [-0.1, -0.05) is 23.7 Å². The molecule has 65 heavy (non-hydrogen) atoms. The fraction of sp³-hybridized carbons (Fsp3) is 0.283. The molecule has 8 heterocycles. The Balaban J connectivity index is 0.000000144. The van der Waals surface area contributed by atoms with Crippen molar-refractivity contribution in [2.24, 2.45) is 20.0 Å².